The van der Waals surface area contributed by atoms with Crippen LogP contribution in [0.2, 0.25) is 0 Å². The van der Waals surface area contributed by atoms with Crippen molar-refractivity contribution in [1.82, 2.24) is 4.98 Å². The maximum Gasteiger partial charge on any atom is 0.134 e. The molecule has 0 amide bonds. The van der Waals surface area contributed by atoms with E-state index in [0.717, 1.165) is 5.01 Å². The highest BCUT2D eigenvalue weighted by Gasteiger charge is 2.29. The van der Waals surface area contributed by atoms with Gasteiger partial charge in [0, 0.05) is 30.3 Å². The molecule has 1 heterocycles. The molecule has 0 atom stereocenters. The lowest BCUT2D eigenvalue weighted by molar-refractivity contribution is -0.124. The van der Waals surface area contributed by atoms with Crippen LogP contribution in [-0.4, -0.2) is 10.8 Å². The van der Waals surface area contributed by atoms with Crippen molar-refractivity contribution >= 4 is 17.1 Å². The van der Waals surface area contributed by atoms with E-state index in [9.17, 15) is 4.79 Å². The van der Waals surface area contributed by atoms with Crippen LogP contribution < -0.4 is 0 Å². The smallest absolute Gasteiger partial charge is 0.134 e. The number of Topliss-reactive ketones (excluding diaryl/α,β-unsaturated/α-hetero) is 1. The largest absolute Gasteiger partial charge is 0.300 e. The van der Waals surface area contributed by atoms with E-state index in [1.807, 2.05) is 5.38 Å². The van der Waals surface area contributed by atoms with E-state index in [1.165, 1.54) is 0 Å². The second kappa shape index (κ2) is 2.16. The van der Waals surface area contributed by atoms with Crippen LogP contribution in [0.4, 0.5) is 0 Å². The molecule has 0 bridgehead atoms. The Kier molecular flexibility index (Phi) is 1.31. The minimum absolute atomic E-state index is 0.375. The van der Waals surface area contributed by atoms with Gasteiger partial charge in [-0.1, -0.05) is 0 Å². The van der Waals surface area contributed by atoms with Gasteiger partial charge in [0.25, 0.3) is 0 Å². The molecule has 1 fully saturated rings. The zero-order chi connectivity index (χ0) is 6.97. The summed E-state index contributed by atoms with van der Waals surface area (Å²) < 4.78 is 0. The molecule has 2 nitrogen and oxygen atoms in total. The molecule has 0 spiro atoms. The van der Waals surface area contributed by atoms with Gasteiger partial charge in [-0.3, -0.25) is 4.79 Å². The molecular weight excluding hydrogens is 146 g/mol. The van der Waals surface area contributed by atoms with Crippen molar-refractivity contribution in [2.24, 2.45) is 0 Å². The molecule has 0 aliphatic heterocycles. The number of hydrogen-bond donors (Lipinski definition) is 0. The van der Waals surface area contributed by atoms with Gasteiger partial charge in [-0.25, -0.2) is 4.98 Å². The van der Waals surface area contributed by atoms with Crippen LogP contribution >= 0.6 is 11.3 Å². The van der Waals surface area contributed by atoms with Crippen LogP contribution in [0.25, 0.3) is 0 Å². The molecule has 1 aromatic rings. The highest BCUT2D eigenvalue weighted by atomic mass is 32.1. The maximum absolute atomic E-state index is 10.6. The van der Waals surface area contributed by atoms with Crippen molar-refractivity contribution in [2.75, 3.05) is 0 Å². The summed E-state index contributed by atoms with van der Waals surface area (Å²) >= 11 is 1.65. The number of ketones is 1. The van der Waals surface area contributed by atoms with Gasteiger partial charge in [0.2, 0.25) is 0 Å². The zero-order valence-corrected chi connectivity index (χ0v) is 6.23. The fourth-order valence-electron chi connectivity index (χ4n) is 1.10. The normalized spacial score (nSPS) is 19.0. The predicted molar refractivity (Wildman–Crippen MR) is 39.1 cm³/mol. The molecule has 3 heteroatoms. The van der Waals surface area contributed by atoms with Gasteiger partial charge in [-0.15, -0.1) is 11.3 Å². The Labute approximate surface area is 62.9 Å². The van der Waals surface area contributed by atoms with Crippen LogP contribution in [0, 0.1) is 0 Å². The van der Waals surface area contributed by atoms with E-state index in [4.69, 9.17) is 0 Å². The van der Waals surface area contributed by atoms with E-state index in [1.54, 1.807) is 17.5 Å². The van der Waals surface area contributed by atoms with Crippen LogP contribution in [0.15, 0.2) is 11.6 Å². The second-order valence-corrected chi connectivity index (χ2v) is 3.44. The van der Waals surface area contributed by atoms with Gasteiger partial charge in [0.05, 0.1) is 5.01 Å². The summed E-state index contributed by atoms with van der Waals surface area (Å²) in [5.74, 6) is 0.827. The molecule has 0 unspecified atom stereocenters. The van der Waals surface area contributed by atoms with Crippen molar-refractivity contribution in [2.45, 2.75) is 18.8 Å². The summed E-state index contributed by atoms with van der Waals surface area (Å²) in [6.07, 6.45) is 3.23. The molecule has 1 saturated carbocycles. The highest BCUT2D eigenvalue weighted by Crippen LogP contribution is 2.34. The Bertz CT molecular complexity index is 234. The van der Waals surface area contributed by atoms with Crippen molar-refractivity contribution < 1.29 is 4.79 Å². The minimum atomic E-state index is 0.375. The molecule has 0 N–H and O–H groups in total. The molecule has 2 rings (SSSR count). The SMILES string of the molecule is O=C1CC(c2nccs2)C1. The lowest BCUT2D eigenvalue weighted by atomic mass is 9.85. The Balaban J connectivity index is 2.10. The first kappa shape index (κ1) is 6.04. The summed E-state index contributed by atoms with van der Waals surface area (Å²) in [4.78, 5) is 14.7. The number of hydrogen-bond acceptors (Lipinski definition) is 3. The van der Waals surface area contributed by atoms with Crippen molar-refractivity contribution in [3.8, 4) is 0 Å². The van der Waals surface area contributed by atoms with Crippen LogP contribution in [-0.2, 0) is 4.79 Å². The average Bonchev–Trinajstić information content (AvgIpc) is 2.31. The first-order valence-electron chi connectivity index (χ1n) is 3.27. The number of aromatic nitrogens is 1. The van der Waals surface area contributed by atoms with Gasteiger partial charge in [0.1, 0.15) is 5.78 Å². The van der Waals surface area contributed by atoms with Gasteiger partial charge >= 0.3 is 0 Å². The quantitative estimate of drug-likeness (QED) is 0.613. The van der Waals surface area contributed by atoms with Gasteiger partial charge in [-0.05, 0) is 0 Å². The lowest BCUT2D eigenvalue weighted by Crippen LogP contribution is -2.20. The summed E-state index contributed by atoms with van der Waals surface area (Å²) in [6.45, 7) is 0. The van der Waals surface area contributed by atoms with E-state index in [-0.39, 0.29) is 0 Å². The monoisotopic (exact) mass is 153 g/mol. The van der Waals surface area contributed by atoms with Crippen molar-refractivity contribution in [1.29, 1.82) is 0 Å². The topological polar surface area (TPSA) is 30.0 Å². The molecule has 52 valence electrons. The zero-order valence-electron chi connectivity index (χ0n) is 5.41. The summed E-state index contributed by atoms with van der Waals surface area (Å²) in [6, 6.07) is 0. The standard InChI is InChI=1S/C7H7NOS/c9-6-3-5(4-6)7-8-1-2-10-7/h1-2,5H,3-4H2. The number of nitrogens with zero attached hydrogens (tertiary/aromatic N) is 1. The average molecular weight is 153 g/mol. The van der Waals surface area contributed by atoms with Crippen LogP contribution in [0.5, 0.6) is 0 Å². The lowest BCUT2D eigenvalue weighted by Gasteiger charge is -2.20. The highest BCUT2D eigenvalue weighted by molar-refractivity contribution is 7.09. The number of carbonyl (C=O) groups is 1. The minimum Gasteiger partial charge on any atom is -0.300 e. The van der Waals surface area contributed by atoms with E-state index < -0.39 is 0 Å². The number of rotatable bonds is 1. The fraction of sp³-hybridized carbons (Fsp3) is 0.429. The first-order valence-corrected chi connectivity index (χ1v) is 4.15. The molecule has 0 aromatic carbocycles. The van der Waals surface area contributed by atoms with Crippen molar-refractivity contribution in [3.63, 3.8) is 0 Å². The number of carbonyl (C=O) groups excluding carboxylic acids is 1. The molecule has 1 aromatic heterocycles. The van der Waals surface area contributed by atoms with E-state index >= 15 is 0 Å². The third-order valence-electron chi connectivity index (χ3n) is 1.75. The third kappa shape index (κ3) is 0.865. The Morgan fingerprint density at radius 3 is 2.90 bits per heavy atom. The Hall–Kier alpha value is -0.700. The molecule has 10 heavy (non-hydrogen) atoms. The molecular formula is C7H7NOS. The van der Waals surface area contributed by atoms with Gasteiger partial charge in [-0.2, -0.15) is 0 Å². The van der Waals surface area contributed by atoms with Gasteiger partial charge in [0.15, 0.2) is 0 Å². The third-order valence-corrected chi connectivity index (χ3v) is 2.69. The Morgan fingerprint density at radius 2 is 2.40 bits per heavy atom. The summed E-state index contributed by atoms with van der Waals surface area (Å²) in [5.41, 5.74) is 0. The molecule has 1 aliphatic carbocycles. The van der Waals surface area contributed by atoms with Crippen LogP contribution in [0.1, 0.15) is 23.8 Å². The molecule has 1 aliphatic rings. The Morgan fingerprint density at radius 1 is 1.60 bits per heavy atom. The maximum atomic E-state index is 10.6. The first-order chi connectivity index (χ1) is 4.86. The second-order valence-electron chi connectivity index (χ2n) is 2.51. The van der Waals surface area contributed by atoms with E-state index in [2.05, 4.69) is 4.98 Å². The predicted octanol–water partition coefficient (Wildman–Crippen LogP) is 1.59. The van der Waals surface area contributed by atoms with E-state index in [0.29, 0.717) is 24.5 Å². The molecule has 0 saturated heterocycles. The fourth-order valence-corrected chi connectivity index (χ4v) is 1.84. The molecule has 0 radical (unpaired) electrons. The summed E-state index contributed by atoms with van der Waals surface area (Å²) in [7, 11) is 0. The summed E-state index contributed by atoms with van der Waals surface area (Å²) in [5, 5.41) is 3.08. The number of thiazole rings is 1. The van der Waals surface area contributed by atoms with Crippen LogP contribution in [0.3, 0.4) is 0 Å². The van der Waals surface area contributed by atoms with Crippen molar-refractivity contribution in [3.05, 3.63) is 16.6 Å². The van der Waals surface area contributed by atoms with Gasteiger partial charge < -0.3 is 0 Å².